The summed E-state index contributed by atoms with van der Waals surface area (Å²) in [6, 6.07) is 111. The molecule has 434 valence electrons. The van der Waals surface area contributed by atoms with Gasteiger partial charge in [-0.3, -0.25) is 0 Å². The van der Waals surface area contributed by atoms with Crippen LogP contribution >= 0.6 is 0 Å². The zero-order valence-electron chi connectivity index (χ0n) is 49.8. The van der Waals surface area contributed by atoms with Crippen molar-refractivity contribution in [1.29, 1.82) is 0 Å². The second kappa shape index (κ2) is 21.7. The fraction of sp³-hybridized carbons (Fsp3) is 0.0602. The van der Waals surface area contributed by atoms with Crippen LogP contribution < -0.4 is 14.5 Å². The number of para-hydroxylation sites is 5. The molecular formula is C83H58N5OPt-3. The van der Waals surface area contributed by atoms with Gasteiger partial charge in [-0.05, 0) is 121 Å². The van der Waals surface area contributed by atoms with E-state index in [9.17, 15) is 0 Å². The fourth-order valence-corrected chi connectivity index (χ4v) is 14.3. The summed E-state index contributed by atoms with van der Waals surface area (Å²) in [6.07, 6.45) is 1.92. The average molecular weight is 1340 g/mol. The summed E-state index contributed by atoms with van der Waals surface area (Å²) in [5, 5.41) is 4.46. The number of benzene rings is 12. The third kappa shape index (κ3) is 8.61. The molecule has 0 bridgehead atoms. The monoisotopic (exact) mass is 1340 g/mol. The zero-order valence-corrected chi connectivity index (χ0v) is 52.0. The standard InChI is InChI=1S/C83H58N5O.Pt/c1-82(2,3)58-46-47-84-80(50-58)88-74-43-22-17-38-66(74)69-52-78(87-72-41-20-15-36-64(72)65-37-16-21-42-73(65)87)79(53-77(69)88)89-61-33-25-32-60(51-61)85-54-86(76-45-24-23-44-75(76)85)81-67(55-26-7-4-8-27-55)48-59(49-68(81)56-28-9-5-10-29-56)83(57-30-11-6-12-31-57)70-39-18-13-34-62(70)63-35-14-19-40-71(63)83;/h4-50,52,54H,1-3H3;/q-3;. The Kier molecular flexibility index (Phi) is 13.2. The first-order valence-electron chi connectivity index (χ1n) is 30.5. The van der Waals surface area contributed by atoms with Crippen LogP contribution in [0.3, 0.4) is 0 Å². The van der Waals surface area contributed by atoms with Gasteiger partial charge in [-0.25, -0.2) is 4.98 Å². The summed E-state index contributed by atoms with van der Waals surface area (Å²) >= 11 is 0. The maximum atomic E-state index is 7.40. The molecule has 17 rings (SSSR count). The van der Waals surface area contributed by atoms with E-state index in [-0.39, 0.29) is 26.5 Å². The maximum Gasteiger partial charge on any atom is 0.135 e. The first kappa shape index (κ1) is 54.8. The molecule has 90 heavy (non-hydrogen) atoms. The molecule has 0 fully saturated rings. The van der Waals surface area contributed by atoms with E-state index in [2.05, 4.69) is 338 Å². The van der Waals surface area contributed by atoms with Crippen molar-refractivity contribution in [2.24, 2.45) is 0 Å². The van der Waals surface area contributed by atoms with Crippen molar-refractivity contribution in [1.82, 2.24) is 14.1 Å². The normalized spacial score (nSPS) is 13.2. The van der Waals surface area contributed by atoms with E-state index in [0.717, 1.165) is 100 Å². The Hall–Kier alpha value is -10.5. The summed E-state index contributed by atoms with van der Waals surface area (Å²) in [5.74, 6) is 1.92. The quantitative estimate of drug-likeness (QED) is 0.128. The van der Waals surface area contributed by atoms with Gasteiger partial charge in [-0.2, -0.15) is 6.07 Å². The molecule has 0 radical (unpaired) electrons. The van der Waals surface area contributed by atoms with Gasteiger partial charge in [0, 0.05) is 94.3 Å². The number of nitrogens with zero attached hydrogens (tertiary/aromatic N) is 5. The van der Waals surface area contributed by atoms with Crippen LogP contribution in [-0.4, -0.2) is 14.1 Å². The van der Waals surface area contributed by atoms with Crippen LogP contribution in [0.15, 0.2) is 291 Å². The van der Waals surface area contributed by atoms with Gasteiger partial charge in [0.15, 0.2) is 0 Å². The van der Waals surface area contributed by atoms with Crippen molar-refractivity contribution in [3.8, 4) is 56.4 Å². The maximum absolute atomic E-state index is 7.40. The molecule has 15 aromatic rings. The van der Waals surface area contributed by atoms with E-state index in [4.69, 9.17) is 9.72 Å². The van der Waals surface area contributed by atoms with Crippen LogP contribution in [0.4, 0.5) is 22.7 Å². The van der Waals surface area contributed by atoms with Crippen LogP contribution in [0.25, 0.3) is 88.5 Å². The minimum absolute atomic E-state index is 0. The summed E-state index contributed by atoms with van der Waals surface area (Å²) in [7, 11) is 0. The van der Waals surface area contributed by atoms with Crippen molar-refractivity contribution in [2.75, 3.05) is 9.80 Å². The molecule has 6 nitrogen and oxygen atoms in total. The number of aromatic nitrogens is 3. The number of anilines is 4. The summed E-state index contributed by atoms with van der Waals surface area (Å²) < 4.78 is 12.0. The molecule has 0 saturated carbocycles. The predicted molar refractivity (Wildman–Crippen MR) is 365 cm³/mol. The number of ether oxygens (including phenoxy) is 1. The van der Waals surface area contributed by atoms with Crippen molar-refractivity contribution in [3.05, 3.63) is 338 Å². The van der Waals surface area contributed by atoms with Gasteiger partial charge in [0.05, 0.1) is 5.41 Å². The minimum atomic E-state index is -0.637. The Morgan fingerprint density at radius 1 is 0.422 bits per heavy atom. The van der Waals surface area contributed by atoms with Crippen molar-refractivity contribution in [2.45, 2.75) is 31.6 Å². The molecule has 7 heteroatoms. The Morgan fingerprint density at radius 2 is 0.933 bits per heavy atom. The molecule has 2 aliphatic rings. The van der Waals surface area contributed by atoms with E-state index in [1.807, 2.05) is 12.3 Å². The van der Waals surface area contributed by atoms with Gasteiger partial charge < -0.3 is 23.7 Å². The van der Waals surface area contributed by atoms with Crippen molar-refractivity contribution < 1.29 is 25.8 Å². The van der Waals surface area contributed by atoms with Gasteiger partial charge in [0.25, 0.3) is 0 Å². The van der Waals surface area contributed by atoms with Crippen LogP contribution in [0.5, 0.6) is 11.5 Å². The SMILES string of the molecule is CC(C)(C)c1ccnc(-n2c3[c-]c(Oc4[c-]c(N5[CH-]N(c6c(-c7ccccc7)cc(C7(c8ccccc8)c8ccccc8-c8ccccc87)cc6-c6ccccc6)c6ccccc65)ccc4)c(-n4c5ccccc5c5ccccc54)cc3c3ccccc32)c1.[Pt]. The number of rotatable bonds is 10. The van der Waals surface area contributed by atoms with Crippen molar-refractivity contribution >= 4 is 66.4 Å². The van der Waals surface area contributed by atoms with Crippen LogP contribution in [0.2, 0.25) is 0 Å². The molecule has 12 aromatic carbocycles. The summed E-state index contributed by atoms with van der Waals surface area (Å²) in [5.41, 5.74) is 21.2. The largest absolute Gasteiger partial charge is 0.507 e. The predicted octanol–water partition coefficient (Wildman–Crippen LogP) is 21.1. The molecule has 3 aromatic heterocycles. The van der Waals surface area contributed by atoms with Gasteiger partial charge in [0.1, 0.15) is 5.82 Å². The molecular weight excluding hydrogens is 1280 g/mol. The van der Waals surface area contributed by atoms with E-state index in [1.54, 1.807) is 0 Å². The molecule has 0 amide bonds. The second-order valence-electron chi connectivity index (χ2n) is 24.3. The number of pyridine rings is 1. The minimum Gasteiger partial charge on any atom is -0.507 e. The van der Waals surface area contributed by atoms with Gasteiger partial charge >= 0.3 is 0 Å². The first-order valence-corrected chi connectivity index (χ1v) is 30.5. The molecule has 1 aliphatic heterocycles. The molecule has 4 heterocycles. The Bertz CT molecular complexity index is 5120. The van der Waals surface area contributed by atoms with Gasteiger partial charge in [0.2, 0.25) is 0 Å². The van der Waals surface area contributed by atoms with Crippen LogP contribution in [-0.2, 0) is 31.9 Å². The molecule has 0 atom stereocenters. The van der Waals surface area contributed by atoms with E-state index < -0.39 is 5.41 Å². The Morgan fingerprint density at radius 3 is 1.53 bits per heavy atom. The number of hydrogen-bond donors (Lipinski definition) is 0. The number of hydrogen-bond acceptors (Lipinski definition) is 4. The Labute approximate surface area is 538 Å². The topological polar surface area (TPSA) is 38.5 Å². The van der Waals surface area contributed by atoms with Crippen LogP contribution in [0.1, 0.15) is 48.6 Å². The van der Waals surface area contributed by atoms with E-state index in [1.165, 1.54) is 38.9 Å². The van der Waals surface area contributed by atoms with Gasteiger partial charge in [-0.15, -0.1) is 42.7 Å². The second-order valence-corrected chi connectivity index (χ2v) is 24.3. The van der Waals surface area contributed by atoms with Crippen molar-refractivity contribution in [3.63, 3.8) is 0 Å². The fourth-order valence-electron chi connectivity index (χ4n) is 14.3. The first-order chi connectivity index (χ1) is 43.8. The average Bonchev–Trinajstić information content (AvgIpc) is 1.51. The summed E-state index contributed by atoms with van der Waals surface area (Å²) in [6.45, 7) is 8.96. The van der Waals surface area contributed by atoms with E-state index >= 15 is 0 Å². The summed E-state index contributed by atoms with van der Waals surface area (Å²) in [4.78, 5) is 9.68. The molecule has 0 saturated heterocycles. The number of fused-ring (bicyclic) bond motifs is 10. The van der Waals surface area contributed by atoms with Crippen LogP contribution in [0, 0.1) is 18.8 Å². The van der Waals surface area contributed by atoms with E-state index in [0.29, 0.717) is 11.5 Å². The zero-order chi connectivity index (χ0) is 59.4. The molecule has 0 N–H and O–H groups in total. The van der Waals surface area contributed by atoms with Gasteiger partial charge in [-0.1, -0.05) is 238 Å². The molecule has 0 spiro atoms. The molecule has 1 aliphatic carbocycles. The third-order valence-corrected chi connectivity index (χ3v) is 18.3. The smallest absolute Gasteiger partial charge is 0.135 e. The third-order valence-electron chi connectivity index (χ3n) is 18.3. The Balaban J connectivity index is 0.00000649. The molecule has 0 unspecified atom stereocenters.